The smallest absolute Gasteiger partial charge is 0.194 e. The lowest BCUT2D eigenvalue weighted by Crippen LogP contribution is -2.19. The first kappa shape index (κ1) is 18.9. The average Bonchev–Trinajstić information content (AvgIpc) is 2.73. The van der Waals surface area contributed by atoms with Crippen LogP contribution in [0.4, 0.5) is 0 Å². The number of hydrogen-bond acceptors (Lipinski definition) is 2. The van der Waals surface area contributed by atoms with Gasteiger partial charge < -0.3 is 0 Å². The molecule has 0 aromatic heterocycles. The van der Waals surface area contributed by atoms with E-state index in [9.17, 15) is 4.79 Å². The number of carbonyl (C=O) groups is 1. The number of unbranched alkanes of at least 4 members (excludes halogenated alkanes) is 1. The van der Waals surface area contributed by atoms with Gasteiger partial charge in [-0.3, -0.25) is 9.69 Å². The molecule has 2 nitrogen and oxygen atoms in total. The molecule has 0 saturated heterocycles. The summed E-state index contributed by atoms with van der Waals surface area (Å²) in [6.07, 6.45) is 5.18. The molecule has 0 spiro atoms. The Kier molecular flexibility index (Phi) is 5.59. The predicted octanol–water partition coefficient (Wildman–Crippen LogP) is 5.81. The highest BCUT2D eigenvalue weighted by molar-refractivity contribution is 6.19. The predicted molar refractivity (Wildman–Crippen MR) is 116 cm³/mol. The quantitative estimate of drug-likeness (QED) is 0.383. The van der Waals surface area contributed by atoms with Gasteiger partial charge in [-0.2, -0.15) is 0 Å². The Bertz CT molecular complexity index is 1000. The zero-order valence-electron chi connectivity index (χ0n) is 16.7. The minimum atomic E-state index is 0.162. The van der Waals surface area contributed by atoms with Gasteiger partial charge >= 0.3 is 0 Å². The molecule has 0 N–H and O–H groups in total. The molecule has 28 heavy (non-hydrogen) atoms. The first-order valence-corrected chi connectivity index (χ1v) is 10.3. The number of hydrogen-bond donors (Lipinski definition) is 0. The van der Waals surface area contributed by atoms with Crippen molar-refractivity contribution in [3.05, 3.63) is 95.4 Å². The third-order valence-corrected chi connectivity index (χ3v) is 5.78. The van der Waals surface area contributed by atoms with Crippen molar-refractivity contribution in [1.82, 2.24) is 4.90 Å². The van der Waals surface area contributed by atoms with Gasteiger partial charge in [-0.25, -0.2) is 0 Å². The van der Waals surface area contributed by atoms with Crippen LogP contribution in [0.5, 0.6) is 0 Å². The van der Waals surface area contributed by atoms with Gasteiger partial charge in [-0.05, 0) is 66.2 Å². The largest absolute Gasteiger partial charge is 0.299 e. The minimum absolute atomic E-state index is 0.162. The van der Waals surface area contributed by atoms with E-state index in [0.717, 1.165) is 60.0 Å². The Hall–Kier alpha value is -2.45. The van der Waals surface area contributed by atoms with E-state index in [1.165, 1.54) is 10.9 Å². The van der Waals surface area contributed by atoms with Crippen LogP contribution in [-0.4, -0.2) is 23.8 Å². The van der Waals surface area contributed by atoms with Gasteiger partial charge in [0.2, 0.25) is 0 Å². The minimum Gasteiger partial charge on any atom is -0.299 e. The monoisotopic (exact) mass is 369 g/mol. The Balaban J connectivity index is 1.61. The fraction of sp³-hybridized carbons (Fsp3) is 0.269. The van der Waals surface area contributed by atoms with E-state index in [-0.39, 0.29) is 5.78 Å². The second-order valence-corrected chi connectivity index (χ2v) is 7.39. The topological polar surface area (TPSA) is 20.3 Å². The lowest BCUT2D eigenvalue weighted by Gasteiger charge is -2.21. The lowest BCUT2D eigenvalue weighted by atomic mass is 9.82. The number of carbonyl (C=O) groups excluding carboxylic acids is 1. The molecule has 2 heteroatoms. The molecule has 4 rings (SSSR count). The molecule has 0 saturated carbocycles. The highest BCUT2D eigenvalue weighted by Crippen LogP contribution is 2.34. The van der Waals surface area contributed by atoms with Crippen molar-refractivity contribution < 1.29 is 4.79 Å². The Morgan fingerprint density at radius 3 is 2.50 bits per heavy atom. The maximum absolute atomic E-state index is 13.2. The van der Waals surface area contributed by atoms with Crippen molar-refractivity contribution in [1.29, 1.82) is 0 Å². The molecule has 0 bridgehead atoms. The van der Waals surface area contributed by atoms with Crippen molar-refractivity contribution in [2.24, 2.45) is 0 Å². The summed E-state index contributed by atoms with van der Waals surface area (Å²) in [5.41, 5.74) is 5.24. The number of nitrogens with zero attached hydrogens (tertiary/aromatic N) is 1. The molecule has 0 heterocycles. The van der Waals surface area contributed by atoms with Gasteiger partial charge in [-0.15, -0.1) is 0 Å². The molecule has 2 radical (unpaired) electrons. The zero-order chi connectivity index (χ0) is 19.5. The van der Waals surface area contributed by atoms with Crippen molar-refractivity contribution in [3.8, 4) is 0 Å². The summed E-state index contributed by atoms with van der Waals surface area (Å²) in [6, 6.07) is 18.7. The molecular formula is C26H27NO. The molecule has 0 atom stereocenters. The van der Waals surface area contributed by atoms with Crippen LogP contribution >= 0.6 is 0 Å². The summed E-state index contributed by atoms with van der Waals surface area (Å²) in [5.74, 6) is 0.162. The molecular weight excluding hydrogens is 342 g/mol. The highest BCUT2D eigenvalue weighted by Gasteiger charge is 2.25. The molecule has 0 aliphatic heterocycles. The maximum Gasteiger partial charge on any atom is 0.194 e. The highest BCUT2D eigenvalue weighted by atomic mass is 16.1. The van der Waals surface area contributed by atoms with E-state index in [0.29, 0.717) is 0 Å². The molecule has 142 valence electrons. The van der Waals surface area contributed by atoms with Crippen molar-refractivity contribution in [2.45, 2.75) is 33.1 Å². The SMILES string of the molecule is CCN([CH]CC[CH]c1cccc2c3c(ccc12)Cc1ccccc1C3=O)CC. The number of benzene rings is 3. The van der Waals surface area contributed by atoms with E-state index < -0.39 is 0 Å². The van der Waals surface area contributed by atoms with E-state index >= 15 is 0 Å². The average molecular weight is 370 g/mol. The molecule has 1 aliphatic rings. The van der Waals surface area contributed by atoms with E-state index in [1.807, 2.05) is 18.2 Å². The first-order chi connectivity index (χ1) is 13.7. The van der Waals surface area contributed by atoms with Gasteiger partial charge in [0.15, 0.2) is 5.78 Å². The summed E-state index contributed by atoms with van der Waals surface area (Å²) in [7, 11) is 0. The molecule has 0 amide bonds. The Morgan fingerprint density at radius 1 is 0.857 bits per heavy atom. The van der Waals surface area contributed by atoms with Crippen LogP contribution in [-0.2, 0) is 6.42 Å². The van der Waals surface area contributed by atoms with Crippen LogP contribution in [0.2, 0.25) is 0 Å². The van der Waals surface area contributed by atoms with Crippen molar-refractivity contribution >= 4 is 16.6 Å². The molecule has 0 fully saturated rings. The molecule has 3 aromatic rings. The zero-order valence-corrected chi connectivity index (χ0v) is 16.7. The molecule has 0 unspecified atom stereocenters. The van der Waals surface area contributed by atoms with E-state index in [1.54, 1.807) is 0 Å². The third-order valence-electron chi connectivity index (χ3n) is 5.78. The first-order valence-electron chi connectivity index (χ1n) is 10.3. The van der Waals surface area contributed by atoms with Crippen molar-refractivity contribution in [2.75, 3.05) is 13.1 Å². The van der Waals surface area contributed by atoms with Gasteiger partial charge in [0.05, 0.1) is 0 Å². The fourth-order valence-corrected chi connectivity index (χ4v) is 4.23. The van der Waals surface area contributed by atoms with Crippen LogP contribution in [0.15, 0.2) is 54.6 Å². The van der Waals surface area contributed by atoms with Crippen molar-refractivity contribution in [3.63, 3.8) is 0 Å². The fourth-order valence-electron chi connectivity index (χ4n) is 4.23. The van der Waals surface area contributed by atoms with Crippen LogP contribution < -0.4 is 0 Å². The van der Waals surface area contributed by atoms with E-state index in [4.69, 9.17) is 0 Å². The summed E-state index contributed by atoms with van der Waals surface area (Å²) in [6.45, 7) is 8.78. The summed E-state index contributed by atoms with van der Waals surface area (Å²) in [4.78, 5) is 15.6. The van der Waals surface area contributed by atoms with Crippen LogP contribution in [0.25, 0.3) is 10.8 Å². The number of rotatable bonds is 7. The van der Waals surface area contributed by atoms with Crippen LogP contribution in [0.1, 0.15) is 59.3 Å². The van der Waals surface area contributed by atoms with Gasteiger partial charge in [0, 0.05) is 17.7 Å². The lowest BCUT2D eigenvalue weighted by molar-refractivity contribution is 0.103. The summed E-state index contributed by atoms with van der Waals surface area (Å²) >= 11 is 0. The normalized spacial score (nSPS) is 13.0. The van der Waals surface area contributed by atoms with E-state index in [2.05, 4.69) is 68.1 Å². The number of fused-ring (bicyclic) bond motifs is 4. The standard InChI is InChI=1S/C26H27NO/c1-3-27(4-2)17-8-7-10-19-12-9-14-24-22(19)16-15-21-18-20-11-5-6-13-23(20)26(28)25(21)24/h5-6,9-17H,3-4,7-8,18H2,1-2H3. The summed E-state index contributed by atoms with van der Waals surface area (Å²) in [5, 5.41) is 2.26. The second kappa shape index (κ2) is 8.28. The van der Waals surface area contributed by atoms with Gasteiger partial charge in [-0.1, -0.05) is 68.4 Å². The van der Waals surface area contributed by atoms with Gasteiger partial charge in [0.1, 0.15) is 0 Å². The third kappa shape index (κ3) is 3.49. The molecule has 1 aliphatic carbocycles. The second-order valence-electron chi connectivity index (χ2n) is 7.39. The molecule has 3 aromatic carbocycles. The van der Waals surface area contributed by atoms with Crippen LogP contribution in [0.3, 0.4) is 0 Å². The van der Waals surface area contributed by atoms with Crippen LogP contribution in [0, 0.1) is 13.0 Å². The Morgan fingerprint density at radius 2 is 1.68 bits per heavy atom. The number of ketones is 1. The summed E-state index contributed by atoms with van der Waals surface area (Å²) < 4.78 is 0. The Labute approximate surface area is 168 Å². The van der Waals surface area contributed by atoms with Gasteiger partial charge in [0.25, 0.3) is 0 Å². The maximum atomic E-state index is 13.2.